The van der Waals surface area contributed by atoms with E-state index in [1.807, 2.05) is 4.57 Å². The minimum Gasteiger partial charge on any atom is -0.388 e. The smallest absolute Gasteiger partial charge is 0.158 e. The van der Waals surface area contributed by atoms with Gasteiger partial charge in [-0.1, -0.05) is 6.92 Å². The zero-order valence-electron chi connectivity index (χ0n) is 9.72. The van der Waals surface area contributed by atoms with E-state index in [-0.39, 0.29) is 6.61 Å². The van der Waals surface area contributed by atoms with Crippen LogP contribution in [0.3, 0.4) is 0 Å². The summed E-state index contributed by atoms with van der Waals surface area (Å²) >= 11 is 0. The summed E-state index contributed by atoms with van der Waals surface area (Å²) < 4.78 is 7.51. The van der Waals surface area contributed by atoms with Crippen LogP contribution in [-0.2, 0) is 17.9 Å². The molecule has 0 aromatic carbocycles. The lowest BCUT2D eigenvalue weighted by Crippen LogP contribution is -2.20. The van der Waals surface area contributed by atoms with E-state index in [9.17, 15) is 5.11 Å². The van der Waals surface area contributed by atoms with Crippen molar-refractivity contribution < 1.29 is 9.84 Å². The Morgan fingerprint density at radius 3 is 3.00 bits per heavy atom. The first kappa shape index (κ1) is 11.5. The van der Waals surface area contributed by atoms with Crippen LogP contribution in [0.4, 0.5) is 0 Å². The number of ether oxygens (including phenoxy) is 1. The van der Waals surface area contributed by atoms with Gasteiger partial charge in [-0.15, -0.1) is 10.2 Å². The molecule has 0 saturated carbocycles. The molecule has 0 bridgehead atoms. The molecule has 2 rings (SSSR count). The van der Waals surface area contributed by atoms with E-state index in [0.29, 0.717) is 11.7 Å². The highest BCUT2D eigenvalue weighted by Crippen LogP contribution is 2.24. The predicted molar refractivity (Wildman–Crippen MR) is 59.0 cm³/mol. The number of aromatic nitrogens is 3. The van der Waals surface area contributed by atoms with Crippen LogP contribution in [0.5, 0.6) is 0 Å². The van der Waals surface area contributed by atoms with Crippen molar-refractivity contribution in [3.8, 4) is 0 Å². The average molecular weight is 225 g/mol. The Morgan fingerprint density at radius 1 is 1.50 bits per heavy atom. The maximum Gasteiger partial charge on any atom is 0.158 e. The fourth-order valence-corrected chi connectivity index (χ4v) is 2.18. The molecule has 0 radical (unpaired) electrons. The summed E-state index contributed by atoms with van der Waals surface area (Å²) in [7, 11) is 0. The van der Waals surface area contributed by atoms with Gasteiger partial charge in [0, 0.05) is 19.1 Å². The summed E-state index contributed by atoms with van der Waals surface area (Å²) in [5, 5.41) is 17.4. The normalized spacial score (nSPS) is 21.2. The Hall–Kier alpha value is -0.940. The van der Waals surface area contributed by atoms with Crippen molar-refractivity contribution in [3.05, 3.63) is 11.6 Å². The van der Waals surface area contributed by atoms with Gasteiger partial charge in [-0.2, -0.15) is 0 Å². The molecule has 2 heterocycles. The molecule has 1 N–H and O–H groups in total. The summed E-state index contributed by atoms with van der Waals surface area (Å²) in [5.41, 5.74) is 0. The number of hydrogen-bond acceptors (Lipinski definition) is 4. The Kier molecular flexibility index (Phi) is 3.90. The first-order valence-corrected chi connectivity index (χ1v) is 5.97. The zero-order valence-corrected chi connectivity index (χ0v) is 9.72. The monoisotopic (exact) mass is 225 g/mol. The van der Waals surface area contributed by atoms with Crippen LogP contribution in [0.1, 0.15) is 43.8 Å². The minimum atomic E-state index is -0.0411. The highest BCUT2D eigenvalue weighted by atomic mass is 16.5. The lowest BCUT2D eigenvalue weighted by molar-refractivity contribution is 0.0767. The standard InChI is InChI=1S/C11H19N3O2/c1-2-5-14-10(7-15)12-13-11(14)9-4-3-6-16-8-9/h9,15H,2-8H2,1H3. The van der Waals surface area contributed by atoms with Crippen molar-refractivity contribution >= 4 is 0 Å². The van der Waals surface area contributed by atoms with Crippen molar-refractivity contribution in [1.82, 2.24) is 14.8 Å². The SMILES string of the molecule is CCCn1c(CO)nnc1C1CCCOC1. The largest absolute Gasteiger partial charge is 0.388 e. The zero-order chi connectivity index (χ0) is 11.4. The molecule has 1 atom stereocenters. The lowest BCUT2D eigenvalue weighted by Gasteiger charge is -2.22. The van der Waals surface area contributed by atoms with E-state index in [2.05, 4.69) is 17.1 Å². The Morgan fingerprint density at radius 2 is 2.38 bits per heavy atom. The second-order valence-electron chi connectivity index (χ2n) is 4.20. The van der Waals surface area contributed by atoms with Gasteiger partial charge in [0.15, 0.2) is 5.82 Å². The molecule has 1 aromatic rings. The van der Waals surface area contributed by atoms with Gasteiger partial charge in [0.05, 0.1) is 6.61 Å². The van der Waals surface area contributed by atoms with E-state index in [0.717, 1.165) is 44.8 Å². The van der Waals surface area contributed by atoms with Gasteiger partial charge in [0.25, 0.3) is 0 Å². The van der Waals surface area contributed by atoms with E-state index in [1.54, 1.807) is 0 Å². The molecule has 16 heavy (non-hydrogen) atoms. The van der Waals surface area contributed by atoms with Crippen molar-refractivity contribution in [3.63, 3.8) is 0 Å². The second kappa shape index (κ2) is 5.41. The van der Waals surface area contributed by atoms with Crippen molar-refractivity contribution in [1.29, 1.82) is 0 Å². The van der Waals surface area contributed by atoms with Crippen molar-refractivity contribution in [2.75, 3.05) is 13.2 Å². The van der Waals surface area contributed by atoms with Gasteiger partial charge in [-0.05, 0) is 19.3 Å². The summed E-state index contributed by atoms with van der Waals surface area (Å²) in [6.45, 7) is 4.52. The number of aliphatic hydroxyl groups is 1. The van der Waals surface area contributed by atoms with Crippen LogP contribution in [0, 0.1) is 0 Å². The summed E-state index contributed by atoms with van der Waals surface area (Å²) in [4.78, 5) is 0. The maximum atomic E-state index is 9.20. The molecule has 0 spiro atoms. The van der Waals surface area contributed by atoms with Crippen LogP contribution in [0.2, 0.25) is 0 Å². The molecule has 1 aromatic heterocycles. The molecule has 1 aliphatic heterocycles. The van der Waals surface area contributed by atoms with Gasteiger partial charge in [0.2, 0.25) is 0 Å². The van der Waals surface area contributed by atoms with Gasteiger partial charge in [0.1, 0.15) is 12.4 Å². The maximum absolute atomic E-state index is 9.20. The third-order valence-electron chi connectivity index (χ3n) is 2.97. The second-order valence-corrected chi connectivity index (χ2v) is 4.20. The third-order valence-corrected chi connectivity index (χ3v) is 2.97. The van der Waals surface area contributed by atoms with E-state index in [1.165, 1.54) is 0 Å². The molecule has 90 valence electrons. The van der Waals surface area contributed by atoms with Crippen LogP contribution >= 0.6 is 0 Å². The average Bonchev–Trinajstić information content (AvgIpc) is 2.74. The summed E-state index contributed by atoms with van der Waals surface area (Å²) in [6.07, 6.45) is 3.21. The number of aliphatic hydroxyl groups excluding tert-OH is 1. The molecule has 0 aliphatic carbocycles. The van der Waals surface area contributed by atoms with Crippen molar-refractivity contribution in [2.45, 2.75) is 45.3 Å². The molecule has 1 unspecified atom stereocenters. The molecule has 0 amide bonds. The summed E-state index contributed by atoms with van der Waals surface area (Å²) in [5.74, 6) is 1.99. The number of hydrogen-bond donors (Lipinski definition) is 1. The molecular formula is C11H19N3O2. The quantitative estimate of drug-likeness (QED) is 0.832. The van der Waals surface area contributed by atoms with Crippen LogP contribution < -0.4 is 0 Å². The highest BCUT2D eigenvalue weighted by Gasteiger charge is 2.23. The van der Waals surface area contributed by atoms with Crippen molar-refractivity contribution in [2.24, 2.45) is 0 Å². The van der Waals surface area contributed by atoms with Gasteiger partial charge in [-0.3, -0.25) is 0 Å². The van der Waals surface area contributed by atoms with Gasteiger partial charge in [-0.25, -0.2) is 0 Å². The van der Waals surface area contributed by atoms with Gasteiger partial charge < -0.3 is 14.4 Å². The first-order valence-electron chi connectivity index (χ1n) is 5.97. The fraction of sp³-hybridized carbons (Fsp3) is 0.818. The lowest BCUT2D eigenvalue weighted by atomic mass is 10.0. The van der Waals surface area contributed by atoms with E-state index >= 15 is 0 Å². The van der Waals surface area contributed by atoms with Gasteiger partial charge >= 0.3 is 0 Å². The first-order chi connectivity index (χ1) is 7.86. The van der Waals surface area contributed by atoms with Crippen LogP contribution in [0.15, 0.2) is 0 Å². The Bertz CT molecular complexity index is 332. The molecular weight excluding hydrogens is 206 g/mol. The molecule has 1 saturated heterocycles. The van der Waals surface area contributed by atoms with E-state index in [4.69, 9.17) is 4.74 Å². The Labute approximate surface area is 95.4 Å². The number of rotatable bonds is 4. The number of nitrogens with zero attached hydrogens (tertiary/aromatic N) is 3. The minimum absolute atomic E-state index is 0.0411. The fourth-order valence-electron chi connectivity index (χ4n) is 2.18. The molecule has 1 aliphatic rings. The topological polar surface area (TPSA) is 60.2 Å². The highest BCUT2D eigenvalue weighted by molar-refractivity contribution is 5.02. The molecule has 5 heteroatoms. The predicted octanol–water partition coefficient (Wildman–Crippen LogP) is 1.07. The third kappa shape index (κ3) is 2.25. The van der Waals surface area contributed by atoms with Crippen LogP contribution in [0.25, 0.3) is 0 Å². The molecule has 1 fully saturated rings. The Balaban J connectivity index is 2.20. The van der Waals surface area contributed by atoms with Crippen LogP contribution in [-0.4, -0.2) is 33.1 Å². The van der Waals surface area contributed by atoms with E-state index < -0.39 is 0 Å². The molecule has 5 nitrogen and oxygen atoms in total. The summed E-state index contributed by atoms with van der Waals surface area (Å²) in [6, 6.07) is 0.